The lowest BCUT2D eigenvalue weighted by Crippen LogP contribution is -2.14. The van der Waals surface area contributed by atoms with Crippen molar-refractivity contribution in [1.29, 1.82) is 0 Å². The number of hydrogen-bond acceptors (Lipinski definition) is 3. The van der Waals surface area contributed by atoms with Gasteiger partial charge in [0.05, 0.1) is 11.4 Å². The standard InChI is InChI=1S/C15H15BrN2O2/c1-8-5-10(3-4-13(8)19)15(20)18-14-9(2)6-11(16)7-12(14)17/h3-7,19H,17H2,1-2H3,(H,18,20). The molecular weight excluding hydrogens is 320 g/mol. The molecule has 20 heavy (non-hydrogen) atoms. The summed E-state index contributed by atoms with van der Waals surface area (Å²) in [6, 6.07) is 8.33. The summed E-state index contributed by atoms with van der Waals surface area (Å²) < 4.78 is 0.867. The van der Waals surface area contributed by atoms with Crippen molar-refractivity contribution in [3.63, 3.8) is 0 Å². The first-order chi connectivity index (χ1) is 9.38. The van der Waals surface area contributed by atoms with Gasteiger partial charge in [0, 0.05) is 10.0 Å². The topological polar surface area (TPSA) is 75.4 Å². The molecule has 0 saturated heterocycles. The smallest absolute Gasteiger partial charge is 0.255 e. The van der Waals surface area contributed by atoms with Crippen LogP contribution in [0.5, 0.6) is 5.75 Å². The number of nitrogen functional groups attached to an aromatic ring is 1. The SMILES string of the molecule is Cc1cc(C(=O)Nc2c(C)cc(Br)cc2N)ccc1O. The van der Waals surface area contributed by atoms with E-state index in [4.69, 9.17) is 5.73 Å². The second kappa shape index (κ2) is 5.54. The molecule has 5 heteroatoms. The van der Waals surface area contributed by atoms with Gasteiger partial charge in [-0.15, -0.1) is 0 Å². The van der Waals surface area contributed by atoms with Crippen LogP contribution in [0.1, 0.15) is 21.5 Å². The van der Waals surface area contributed by atoms with Gasteiger partial charge in [-0.2, -0.15) is 0 Å². The van der Waals surface area contributed by atoms with E-state index in [2.05, 4.69) is 21.2 Å². The van der Waals surface area contributed by atoms with Crippen LogP contribution in [0.3, 0.4) is 0 Å². The molecule has 4 nitrogen and oxygen atoms in total. The van der Waals surface area contributed by atoms with Gasteiger partial charge in [-0.1, -0.05) is 15.9 Å². The van der Waals surface area contributed by atoms with Crippen molar-refractivity contribution in [1.82, 2.24) is 0 Å². The molecule has 0 fully saturated rings. The van der Waals surface area contributed by atoms with E-state index in [9.17, 15) is 9.90 Å². The Bertz CT molecular complexity index is 661. The van der Waals surface area contributed by atoms with Gasteiger partial charge in [0.1, 0.15) is 5.75 Å². The minimum Gasteiger partial charge on any atom is -0.508 e. The second-order valence-corrected chi connectivity index (χ2v) is 5.56. The summed E-state index contributed by atoms with van der Waals surface area (Å²) in [5, 5.41) is 12.3. The summed E-state index contributed by atoms with van der Waals surface area (Å²) in [5.74, 6) is -0.0916. The lowest BCUT2D eigenvalue weighted by atomic mass is 10.1. The largest absolute Gasteiger partial charge is 0.508 e. The molecule has 0 heterocycles. The van der Waals surface area contributed by atoms with Gasteiger partial charge in [-0.3, -0.25) is 4.79 Å². The molecule has 0 atom stereocenters. The third-order valence-corrected chi connectivity index (χ3v) is 3.49. The highest BCUT2D eigenvalue weighted by atomic mass is 79.9. The molecular formula is C15H15BrN2O2. The van der Waals surface area contributed by atoms with E-state index < -0.39 is 0 Å². The van der Waals surface area contributed by atoms with E-state index in [-0.39, 0.29) is 11.7 Å². The zero-order valence-corrected chi connectivity index (χ0v) is 12.8. The number of halogens is 1. The van der Waals surface area contributed by atoms with E-state index in [1.54, 1.807) is 25.1 Å². The average molecular weight is 335 g/mol. The van der Waals surface area contributed by atoms with Crippen LogP contribution in [0.15, 0.2) is 34.8 Å². The Hall–Kier alpha value is -2.01. The quantitative estimate of drug-likeness (QED) is 0.734. The van der Waals surface area contributed by atoms with Gasteiger partial charge >= 0.3 is 0 Å². The maximum atomic E-state index is 12.2. The predicted octanol–water partition coefficient (Wildman–Crippen LogP) is 3.61. The van der Waals surface area contributed by atoms with Crippen molar-refractivity contribution in [2.24, 2.45) is 0 Å². The van der Waals surface area contributed by atoms with Crippen LogP contribution in [-0.4, -0.2) is 11.0 Å². The molecule has 0 saturated carbocycles. The minimum absolute atomic E-state index is 0.167. The Labute approximate surface area is 125 Å². The molecule has 0 unspecified atom stereocenters. The first-order valence-corrected chi connectivity index (χ1v) is 6.84. The first kappa shape index (κ1) is 14.4. The van der Waals surface area contributed by atoms with Gasteiger partial charge < -0.3 is 16.2 Å². The molecule has 0 aliphatic heterocycles. The van der Waals surface area contributed by atoms with Gasteiger partial charge in [0.15, 0.2) is 0 Å². The molecule has 0 aromatic heterocycles. The predicted molar refractivity (Wildman–Crippen MR) is 84.1 cm³/mol. The summed E-state index contributed by atoms with van der Waals surface area (Å²) in [6.07, 6.45) is 0. The Morgan fingerprint density at radius 1 is 1.20 bits per heavy atom. The number of aryl methyl sites for hydroxylation is 2. The molecule has 2 rings (SSSR count). The molecule has 0 aliphatic rings. The van der Waals surface area contributed by atoms with Crippen LogP contribution in [0.4, 0.5) is 11.4 Å². The van der Waals surface area contributed by atoms with Crippen LogP contribution in [0.25, 0.3) is 0 Å². The Kier molecular flexibility index (Phi) is 3.99. The van der Waals surface area contributed by atoms with Gasteiger partial charge in [-0.05, 0) is 55.3 Å². The van der Waals surface area contributed by atoms with Crippen molar-refractivity contribution in [2.45, 2.75) is 13.8 Å². The van der Waals surface area contributed by atoms with E-state index >= 15 is 0 Å². The number of phenols is 1. The third-order valence-electron chi connectivity index (χ3n) is 3.03. The zero-order chi connectivity index (χ0) is 14.9. The molecule has 4 N–H and O–H groups in total. The molecule has 104 valence electrons. The number of hydrogen-bond donors (Lipinski definition) is 3. The minimum atomic E-state index is -0.259. The molecule has 2 aromatic rings. The monoisotopic (exact) mass is 334 g/mol. The number of rotatable bonds is 2. The summed E-state index contributed by atoms with van der Waals surface area (Å²) in [4.78, 5) is 12.2. The number of nitrogens with one attached hydrogen (secondary N) is 1. The summed E-state index contributed by atoms with van der Waals surface area (Å²) in [6.45, 7) is 3.62. The molecule has 0 bridgehead atoms. The molecule has 0 radical (unpaired) electrons. The van der Waals surface area contributed by atoms with Crippen molar-refractivity contribution in [2.75, 3.05) is 11.1 Å². The van der Waals surface area contributed by atoms with Crippen molar-refractivity contribution in [3.05, 3.63) is 51.5 Å². The highest BCUT2D eigenvalue weighted by molar-refractivity contribution is 9.10. The Balaban J connectivity index is 2.30. The number of anilines is 2. The number of aromatic hydroxyl groups is 1. The maximum Gasteiger partial charge on any atom is 0.255 e. The van der Waals surface area contributed by atoms with E-state index in [1.807, 2.05) is 13.0 Å². The molecule has 0 spiro atoms. The average Bonchev–Trinajstić information content (AvgIpc) is 2.36. The van der Waals surface area contributed by atoms with Gasteiger partial charge in [-0.25, -0.2) is 0 Å². The highest BCUT2D eigenvalue weighted by Gasteiger charge is 2.12. The Morgan fingerprint density at radius 2 is 1.90 bits per heavy atom. The highest BCUT2D eigenvalue weighted by Crippen LogP contribution is 2.28. The van der Waals surface area contributed by atoms with Crippen molar-refractivity contribution >= 4 is 33.2 Å². The lowest BCUT2D eigenvalue weighted by molar-refractivity contribution is 0.102. The number of amides is 1. The fourth-order valence-corrected chi connectivity index (χ4v) is 2.51. The van der Waals surface area contributed by atoms with Crippen molar-refractivity contribution in [3.8, 4) is 5.75 Å². The maximum absolute atomic E-state index is 12.2. The fourth-order valence-electron chi connectivity index (χ4n) is 1.92. The van der Waals surface area contributed by atoms with E-state index in [0.29, 0.717) is 22.5 Å². The molecule has 2 aromatic carbocycles. The van der Waals surface area contributed by atoms with Crippen LogP contribution in [-0.2, 0) is 0 Å². The fraction of sp³-hybridized carbons (Fsp3) is 0.133. The third kappa shape index (κ3) is 2.93. The van der Waals surface area contributed by atoms with Gasteiger partial charge in [0.25, 0.3) is 5.91 Å². The van der Waals surface area contributed by atoms with Crippen LogP contribution >= 0.6 is 15.9 Å². The van der Waals surface area contributed by atoms with Crippen LogP contribution < -0.4 is 11.1 Å². The molecule has 1 amide bonds. The second-order valence-electron chi connectivity index (χ2n) is 4.64. The number of benzene rings is 2. The number of phenolic OH excluding ortho intramolecular Hbond substituents is 1. The summed E-state index contributed by atoms with van der Waals surface area (Å²) >= 11 is 3.36. The summed E-state index contributed by atoms with van der Waals surface area (Å²) in [7, 11) is 0. The Morgan fingerprint density at radius 3 is 2.50 bits per heavy atom. The van der Waals surface area contributed by atoms with E-state index in [0.717, 1.165) is 10.0 Å². The van der Waals surface area contributed by atoms with Crippen LogP contribution in [0, 0.1) is 13.8 Å². The number of nitrogens with two attached hydrogens (primary N) is 1. The number of carbonyl (C=O) groups is 1. The van der Waals surface area contributed by atoms with Gasteiger partial charge in [0.2, 0.25) is 0 Å². The molecule has 0 aliphatic carbocycles. The summed E-state index contributed by atoms with van der Waals surface area (Å²) in [5.41, 5.74) is 9.02. The first-order valence-electron chi connectivity index (χ1n) is 6.05. The lowest BCUT2D eigenvalue weighted by Gasteiger charge is -2.12. The van der Waals surface area contributed by atoms with Crippen LogP contribution in [0.2, 0.25) is 0 Å². The zero-order valence-electron chi connectivity index (χ0n) is 11.2. The van der Waals surface area contributed by atoms with E-state index in [1.165, 1.54) is 6.07 Å². The normalized spacial score (nSPS) is 10.3. The number of carbonyl (C=O) groups excluding carboxylic acids is 1. The van der Waals surface area contributed by atoms with Crippen molar-refractivity contribution < 1.29 is 9.90 Å².